The van der Waals surface area contributed by atoms with E-state index in [0.29, 0.717) is 12.3 Å². The van der Waals surface area contributed by atoms with Crippen molar-refractivity contribution < 1.29 is 8.42 Å². The van der Waals surface area contributed by atoms with Gasteiger partial charge in [0, 0.05) is 6.04 Å². The van der Waals surface area contributed by atoms with E-state index < -0.39 is 15.3 Å². The lowest BCUT2D eigenvalue weighted by Gasteiger charge is -2.23. The first-order chi connectivity index (χ1) is 7.26. The molecule has 0 spiro atoms. The lowest BCUT2D eigenvalue weighted by molar-refractivity contribution is 0.432. The summed E-state index contributed by atoms with van der Waals surface area (Å²) in [7, 11) is -3.44. The second-order valence-corrected chi connectivity index (χ2v) is 6.50. The molecule has 16 heavy (non-hydrogen) atoms. The monoisotopic (exact) mass is 266 g/mol. The zero-order chi connectivity index (χ0) is 12.9. The highest BCUT2D eigenvalue weighted by atomic mass is 32.2. The van der Waals surface area contributed by atoms with Gasteiger partial charge >= 0.3 is 0 Å². The largest absolute Gasteiger partial charge is 0.392 e. The van der Waals surface area contributed by atoms with Gasteiger partial charge in [0.15, 0.2) is 0 Å². The van der Waals surface area contributed by atoms with Crippen LogP contribution in [0, 0.1) is 5.92 Å². The molecule has 4 nitrogen and oxygen atoms in total. The summed E-state index contributed by atoms with van der Waals surface area (Å²) in [5, 5.41) is -0.769. The Morgan fingerprint density at radius 3 is 2.12 bits per heavy atom. The molecule has 0 bridgehead atoms. The molecule has 0 aromatic carbocycles. The van der Waals surface area contributed by atoms with Crippen molar-refractivity contribution in [3.05, 3.63) is 0 Å². The van der Waals surface area contributed by atoms with Gasteiger partial charge in [-0.1, -0.05) is 39.4 Å². The number of sulfonamides is 1. The fourth-order valence-electron chi connectivity index (χ4n) is 1.38. The predicted molar refractivity (Wildman–Crippen MR) is 71.8 cm³/mol. The second-order valence-electron chi connectivity index (χ2n) is 4.14. The van der Waals surface area contributed by atoms with E-state index in [9.17, 15) is 8.42 Å². The fourth-order valence-corrected chi connectivity index (χ4v) is 3.59. The normalized spacial score (nSPS) is 17.8. The first-order valence-corrected chi connectivity index (χ1v) is 7.52. The molecule has 0 saturated carbocycles. The molecule has 0 aliphatic heterocycles. The molecule has 0 aromatic heterocycles. The van der Waals surface area contributed by atoms with Gasteiger partial charge in [-0.05, 0) is 19.3 Å². The smallest absolute Gasteiger partial charge is 0.221 e. The quantitative estimate of drug-likeness (QED) is 0.683. The van der Waals surface area contributed by atoms with Crippen LogP contribution >= 0.6 is 12.2 Å². The third-order valence-electron chi connectivity index (χ3n) is 2.91. The number of thiocarbonyl (C=S) groups is 1. The molecule has 0 fully saturated rings. The first-order valence-electron chi connectivity index (χ1n) is 5.56. The maximum atomic E-state index is 12.0. The topological polar surface area (TPSA) is 72.2 Å². The summed E-state index contributed by atoms with van der Waals surface area (Å²) >= 11 is 4.77. The Morgan fingerprint density at radius 1 is 1.31 bits per heavy atom. The number of nitrogens with one attached hydrogen (secondary N) is 1. The van der Waals surface area contributed by atoms with Gasteiger partial charge in [-0.3, -0.25) is 0 Å². The maximum absolute atomic E-state index is 12.0. The van der Waals surface area contributed by atoms with Crippen molar-refractivity contribution >= 4 is 27.2 Å². The lowest BCUT2D eigenvalue weighted by Crippen LogP contribution is -2.46. The van der Waals surface area contributed by atoms with E-state index in [-0.39, 0.29) is 11.0 Å². The van der Waals surface area contributed by atoms with Gasteiger partial charge in [0.25, 0.3) is 0 Å². The highest BCUT2D eigenvalue weighted by molar-refractivity contribution is 7.93. The highest BCUT2D eigenvalue weighted by Crippen LogP contribution is 2.11. The Balaban J connectivity index is 4.74. The Kier molecular flexibility index (Phi) is 6.43. The number of hydrogen-bond acceptors (Lipinski definition) is 3. The highest BCUT2D eigenvalue weighted by Gasteiger charge is 2.28. The van der Waals surface area contributed by atoms with Crippen LogP contribution in [0.3, 0.4) is 0 Å². The molecule has 96 valence electrons. The molecule has 3 atom stereocenters. The van der Waals surface area contributed by atoms with Gasteiger partial charge in [0.1, 0.15) is 5.25 Å². The summed E-state index contributed by atoms with van der Waals surface area (Å²) in [5.41, 5.74) is 5.43. The second kappa shape index (κ2) is 6.51. The third-order valence-corrected chi connectivity index (χ3v) is 5.38. The summed E-state index contributed by atoms with van der Waals surface area (Å²) in [6.07, 6.45) is 1.32. The number of hydrogen-bond donors (Lipinski definition) is 2. The summed E-state index contributed by atoms with van der Waals surface area (Å²) in [5.74, 6) is 0.290. The van der Waals surface area contributed by atoms with Crippen LogP contribution in [0.5, 0.6) is 0 Å². The van der Waals surface area contributed by atoms with Gasteiger partial charge in [-0.15, -0.1) is 0 Å². The molecule has 0 heterocycles. The molecule has 0 saturated heterocycles. The number of rotatable bonds is 7. The zero-order valence-electron chi connectivity index (χ0n) is 10.4. The maximum Gasteiger partial charge on any atom is 0.221 e. The minimum absolute atomic E-state index is 0.0337. The molecule has 3 unspecified atom stereocenters. The molecular weight excluding hydrogens is 244 g/mol. The van der Waals surface area contributed by atoms with Crippen molar-refractivity contribution in [2.75, 3.05) is 0 Å². The average Bonchev–Trinajstić information content (AvgIpc) is 2.15. The van der Waals surface area contributed by atoms with Crippen LogP contribution < -0.4 is 10.5 Å². The van der Waals surface area contributed by atoms with Gasteiger partial charge in [0.05, 0.1) is 4.99 Å². The average molecular weight is 266 g/mol. The molecule has 0 aromatic rings. The van der Waals surface area contributed by atoms with E-state index >= 15 is 0 Å². The molecule has 0 aliphatic carbocycles. The number of nitrogens with two attached hydrogens (primary N) is 1. The van der Waals surface area contributed by atoms with Crippen molar-refractivity contribution in [3.63, 3.8) is 0 Å². The zero-order valence-corrected chi connectivity index (χ0v) is 12.0. The van der Waals surface area contributed by atoms with Crippen molar-refractivity contribution in [1.82, 2.24) is 4.72 Å². The molecule has 0 aliphatic rings. The van der Waals surface area contributed by atoms with Crippen molar-refractivity contribution in [2.24, 2.45) is 11.7 Å². The van der Waals surface area contributed by atoms with E-state index in [2.05, 4.69) is 4.72 Å². The van der Waals surface area contributed by atoms with Crippen LogP contribution in [0.4, 0.5) is 0 Å². The molecule has 0 rings (SSSR count). The van der Waals surface area contributed by atoms with E-state index in [4.69, 9.17) is 18.0 Å². The van der Waals surface area contributed by atoms with Crippen molar-refractivity contribution in [2.45, 2.75) is 51.8 Å². The summed E-state index contributed by atoms with van der Waals surface area (Å²) in [4.78, 5) is 0.0337. The van der Waals surface area contributed by atoms with Crippen LogP contribution in [0.1, 0.15) is 40.5 Å². The Bertz CT molecular complexity index is 328. The van der Waals surface area contributed by atoms with Crippen LogP contribution in [-0.2, 0) is 10.0 Å². The standard InChI is InChI=1S/C10H22N2O2S2/c1-5-7(3)8(4)12-16(13,14)9(6-2)10(11)15/h7-9,12H,5-6H2,1-4H3,(H2,11,15). The minimum atomic E-state index is -3.44. The van der Waals surface area contributed by atoms with E-state index in [1.54, 1.807) is 6.92 Å². The molecule has 6 heteroatoms. The predicted octanol–water partition coefficient (Wildman–Crippen LogP) is 1.41. The van der Waals surface area contributed by atoms with Crippen LogP contribution in [0.2, 0.25) is 0 Å². The summed E-state index contributed by atoms with van der Waals surface area (Å²) in [6, 6.07) is -0.0987. The molecule has 0 amide bonds. The SMILES string of the molecule is CCC(C)C(C)NS(=O)(=O)C(CC)C(N)=S. The summed E-state index contributed by atoms with van der Waals surface area (Å²) in [6.45, 7) is 7.66. The first kappa shape index (κ1) is 15.8. The third kappa shape index (κ3) is 4.35. The van der Waals surface area contributed by atoms with Gasteiger partial charge in [-0.2, -0.15) is 0 Å². The molecular formula is C10H22N2O2S2. The van der Waals surface area contributed by atoms with E-state index in [1.807, 2.05) is 20.8 Å². The van der Waals surface area contributed by atoms with Crippen LogP contribution in [0.15, 0.2) is 0 Å². The Morgan fingerprint density at radius 2 is 1.81 bits per heavy atom. The van der Waals surface area contributed by atoms with Gasteiger partial charge in [0.2, 0.25) is 10.0 Å². The van der Waals surface area contributed by atoms with Crippen LogP contribution in [-0.4, -0.2) is 24.7 Å². The Labute approximate surface area is 104 Å². The fraction of sp³-hybridized carbons (Fsp3) is 0.900. The van der Waals surface area contributed by atoms with Crippen molar-refractivity contribution in [1.29, 1.82) is 0 Å². The van der Waals surface area contributed by atoms with Gasteiger partial charge < -0.3 is 5.73 Å². The molecule has 3 N–H and O–H groups in total. The molecule has 0 radical (unpaired) electrons. The van der Waals surface area contributed by atoms with E-state index in [0.717, 1.165) is 6.42 Å². The lowest BCUT2D eigenvalue weighted by atomic mass is 10.0. The van der Waals surface area contributed by atoms with Gasteiger partial charge in [-0.25, -0.2) is 13.1 Å². The summed E-state index contributed by atoms with van der Waals surface area (Å²) < 4.78 is 26.6. The van der Waals surface area contributed by atoms with Crippen LogP contribution in [0.25, 0.3) is 0 Å². The Hall–Kier alpha value is -0.200. The minimum Gasteiger partial charge on any atom is -0.392 e. The van der Waals surface area contributed by atoms with Crippen molar-refractivity contribution in [3.8, 4) is 0 Å². The van der Waals surface area contributed by atoms with E-state index in [1.165, 1.54) is 0 Å².